The summed E-state index contributed by atoms with van der Waals surface area (Å²) in [6.45, 7) is 3.39. The topological polar surface area (TPSA) is 130 Å². The van der Waals surface area contributed by atoms with Crippen LogP contribution in [0.4, 0.5) is 24.5 Å². The smallest absolute Gasteiger partial charge is 0.373 e. The van der Waals surface area contributed by atoms with Gasteiger partial charge in [-0.3, -0.25) is 9.52 Å². The number of nitrogens with one attached hydrogen (secondary N) is 2. The minimum atomic E-state index is -5.25. The lowest BCUT2D eigenvalue weighted by atomic mass is 10.1. The Hall–Kier alpha value is -2.61. The molecule has 32 heavy (non-hydrogen) atoms. The Bertz CT molecular complexity index is 1260. The number of hydrogen-bond acceptors (Lipinski definition) is 6. The molecule has 2 aromatic rings. The number of rotatable bonds is 7. The fourth-order valence-electron chi connectivity index (χ4n) is 2.18. The number of amides is 1. The van der Waals surface area contributed by atoms with Gasteiger partial charge in [-0.25, -0.2) is 16.8 Å². The summed E-state index contributed by atoms with van der Waals surface area (Å²) in [7, 11) is -7.94. The van der Waals surface area contributed by atoms with Gasteiger partial charge in [-0.15, -0.1) is 0 Å². The highest BCUT2D eigenvalue weighted by molar-refractivity contribution is 7.95. The summed E-state index contributed by atoms with van der Waals surface area (Å²) in [5.41, 5.74) is -3.97. The summed E-state index contributed by atoms with van der Waals surface area (Å²) in [6, 6.07) is 7.51. The molecule has 0 saturated carbocycles. The van der Waals surface area contributed by atoms with E-state index in [1.807, 2.05) is 0 Å². The summed E-state index contributed by atoms with van der Waals surface area (Å²) in [4.78, 5) is 11.2. The molecule has 2 aromatic carbocycles. The van der Waals surface area contributed by atoms with Gasteiger partial charge in [0.05, 0.1) is 20.5 Å². The first kappa shape index (κ1) is 25.6. The van der Waals surface area contributed by atoms with Crippen LogP contribution in [0.3, 0.4) is 0 Å². The van der Waals surface area contributed by atoms with Crippen molar-refractivity contribution in [3.8, 4) is 0 Å². The maximum absolute atomic E-state index is 12.8. The summed E-state index contributed by atoms with van der Waals surface area (Å²) >= 11 is 5.92. The van der Waals surface area contributed by atoms with Crippen molar-refractivity contribution < 1.29 is 39.9 Å². The van der Waals surface area contributed by atoms with E-state index in [1.165, 1.54) is 12.1 Å². The van der Waals surface area contributed by atoms with E-state index < -0.39 is 42.6 Å². The average molecular weight is 513 g/mol. The van der Waals surface area contributed by atoms with Gasteiger partial charge >= 0.3 is 6.18 Å². The van der Waals surface area contributed by atoms with Crippen LogP contribution in [0.2, 0.25) is 5.02 Å². The van der Waals surface area contributed by atoms with Gasteiger partial charge in [-0.2, -0.15) is 13.2 Å². The Morgan fingerprint density at radius 3 is 2.06 bits per heavy atom. The molecule has 14 heteroatoms. The van der Waals surface area contributed by atoms with Crippen molar-refractivity contribution in [3.05, 3.63) is 59.5 Å². The molecule has 0 radical (unpaired) electrons. The monoisotopic (exact) mass is 512 g/mol. The predicted octanol–water partition coefficient (Wildman–Crippen LogP) is 3.31. The number of anilines is 2. The number of carbonyl (C=O) groups is 1. The Morgan fingerprint density at radius 1 is 1.06 bits per heavy atom. The van der Waals surface area contributed by atoms with Gasteiger partial charge in [-0.05, 0) is 49.4 Å². The lowest BCUT2D eigenvalue weighted by Crippen LogP contribution is -2.52. The van der Waals surface area contributed by atoms with E-state index in [-0.39, 0.29) is 28.1 Å². The summed E-state index contributed by atoms with van der Waals surface area (Å²) in [5, 5.41) is 11.5. The molecule has 0 aliphatic rings. The van der Waals surface area contributed by atoms with Gasteiger partial charge in [0.2, 0.25) is 15.4 Å². The van der Waals surface area contributed by atoms with Crippen molar-refractivity contribution in [2.75, 3.05) is 10.0 Å². The van der Waals surface area contributed by atoms with E-state index in [4.69, 9.17) is 11.6 Å². The maximum Gasteiger partial charge on any atom is 0.426 e. The highest BCUT2D eigenvalue weighted by atomic mass is 35.5. The standard InChI is InChI=1S/C18H16ClF3N2O6S2/c1-3-31(27,28)24-11-4-6-12(7-5-11)32(29,30)13-8-9-15(14(19)10-13)23-16(25)17(2,26)18(20,21)22/h3-10,24,26H,1H2,2H3,(H,23,25)/t17-/m1/s1. The fraction of sp³-hybridized carbons (Fsp3) is 0.167. The van der Waals surface area contributed by atoms with Crippen LogP contribution in [-0.2, 0) is 24.7 Å². The zero-order valence-corrected chi connectivity index (χ0v) is 18.5. The van der Waals surface area contributed by atoms with Crippen LogP contribution in [0, 0.1) is 0 Å². The van der Waals surface area contributed by atoms with Gasteiger partial charge in [0.1, 0.15) is 0 Å². The third kappa shape index (κ3) is 5.41. The molecule has 0 fully saturated rings. The van der Waals surface area contributed by atoms with E-state index in [2.05, 4.69) is 11.3 Å². The molecule has 0 spiro atoms. The van der Waals surface area contributed by atoms with Crippen LogP contribution in [-0.4, -0.2) is 39.6 Å². The van der Waals surface area contributed by atoms with Crippen LogP contribution in [0.15, 0.2) is 64.2 Å². The van der Waals surface area contributed by atoms with E-state index in [0.29, 0.717) is 5.41 Å². The Morgan fingerprint density at radius 2 is 1.59 bits per heavy atom. The largest absolute Gasteiger partial charge is 0.426 e. The minimum absolute atomic E-state index is 0.0802. The van der Waals surface area contributed by atoms with Crippen LogP contribution in [0.5, 0.6) is 0 Å². The first-order valence-corrected chi connectivity index (χ1v) is 11.8. The van der Waals surface area contributed by atoms with Crippen molar-refractivity contribution >= 4 is 48.7 Å². The highest BCUT2D eigenvalue weighted by Gasteiger charge is 2.55. The summed E-state index contributed by atoms with van der Waals surface area (Å²) in [5.74, 6) is -1.81. The van der Waals surface area contributed by atoms with Crippen molar-refractivity contribution in [1.29, 1.82) is 0 Å². The van der Waals surface area contributed by atoms with Gasteiger partial charge in [0.25, 0.3) is 15.9 Å². The normalized spacial score (nSPS) is 14.3. The summed E-state index contributed by atoms with van der Waals surface area (Å²) in [6.07, 6.45) is -5.25. The second kappa shape index (κ2) is 8.73. The minimum Gasteiger partial charge on any atom is -0.373 e. The molecule has 0 aliphatic heterocycles. The van der Waals surface area contributed by atoms with Crippen LogP contribution >= 0.6 is 11.6 Å². The van der Waals surface area contributed by atoms with E-state index in [0.717, 1.165) is 30.3 Å². The molecule has 0 aliphatic carbocycles. The first-order chi connectivity index (χ1) is 14.5. The maximum atomic E-state index is 12.8. The molecule has 8 nitrogen and oxygen atoms in total. The SMILES string of the molecule is C=CS(=O)(=O)Nc1ccc(S(=O)(=O)c2ccc(NC(=O)[C@@](C)(O)C(F)(F)F)c(Cl)c2)cc1. The number of halogens is 4. The molecule has 1 atom stereocenters. The van der Waals surface area contributed by atoms with Gasteiger partial charge in [0, 0.05) is 11.1 Å². The number of aliphatic hydroxyl groups is 1. The van der Waals surface area contributed by atoms with Crippen LogP contribution in [0.1, 0.15) is 6.92 Å². The average Bonchev–Trinajstić information content (AvgIpc) is 2.68. The van der Waals surface area contributed by atoms with Crippen LogP contribution in [0.25, 0.3) is 0 Å². The number of sulfone groups is 1. The second-order valence-corrected chi connectivity index (χ2v) is 10.5. The Balaban J connectivity index is 2.30. The first-order valence-electron chi connectivity index (χ1n) is 8.42. The third-order valence-electron chi connectivity index (χ3n) is 4.14. The van der Waals surface area contributed by atoms with E-state index in [1.54, 1.807) is 5.32 Å². The molecule has 2 rings (SSSR count). The molecule has 0 heterocycles. The van der Waals surface area contributed by atoms with Crippen molar-refractivity contribution in [2.24, 2.45) is 0 Å². The number of sulfonamides is 1. The number of alkyl halides is 3. The molecule has 0 aromatic heterocycles. The van der Waals surface area contributed by atoms with Crippen LogP contribution < -0.4 is 10.0 Å². The predicted molar refractivity (Wildman–Crippen MR) is 111 cm³/mol. The number of benzene rings is 2. The lowest BCUT2D eigenvalue weighted by molar-refractivity contribution is -0.242. The Kier molecular flexibility index (Phi) is 7.00. The molecular formula is C18H16ClF3N2O6S2. The fourth-order valence-corrected chi connectivity index (χ4v) is 4.31. The third-order valence-corrected chi connectivity index (χ3v) is 7.18. The second-order valence-electron chi connectivity index (χ2n) is 6.51. The summed E-state index contributed by atoms with van der Waals surface area (Å²) < 4.78 is 88.9. The molecule has 0 unspecified atom stereocenters. The molecule has 174 valence electrons. The van der Waals surface area contributed by atoms with Gasteiger partial charge < -0.3 is 10.4 Å². The molecule has 0 bridgehead atoms. The number of carbonyl (C=O) groups excluding carboxylic acids is 1. The molecule has 0 saturated heterocycles. The van der Waals surface area contributed by atoms with E-state index in [9.17, 15) is 39.9 Å². The molecule has 3 N–H and O–H groups in total. The number of hydrogen-bond donors (Lipinski definition) is 3. The van der Waals surface area contributed by atoms with E-state index >= 15 is 0 Å². The molecule has 1 amide bonds. The Labute approximate surface area is 186 Å². The quantitative estimate of drug-likeness (QED) is 0.522. The van der Waals surface area contributed by atoms with Crippen molar-refractivity contribution in [2.45, 2.75) is 28.5 Å². The highest BCUT2D eigenvalue weighted by Crippen LogP contribution is 2.33. The van der Waals surface area contributed by atoms with Crippen molar-refractivity contribution in [1.82, 2.24) is 0 Å². The zero-order valence-electron chi connectivity index (χ0n) is 16.1. The van der Waals surface area contributed by atoms with Gasteiger partial charge in [0.15, 0.2) is 0 Å². The van der Waals surface area contributed by atoms with Gasteiger partial charge in [-0.1, -0.05) is 18.2 Å². The molecular weight excluding hydrogens is 497 g/mol. The van der Waals surface area contributed by atoms with Crippen molar-refractivity contribution in [3.63, 3.8) is 0 Å². The zero-order chi connectivity index (χ0) is 24.5. The lowest BCUT2D eigenvalue weighted by Gasteiger charge is -2.25.